The lowest BCUT2D eigenvalue weighted by atomic mass is 9.99. The molecule has 0 unspecified atom stereocenters. The Bertz CT molecular complexity index is 398. The van der Waals surface area contributed by atoms with E-state index in [2.05, 4.69) is 12.2 Å². The highest BCUT2D eigenvalue weighted by Crippen LogP contribution is 2.24. The first-order valence-electron chi connectivity index (χ1n) is 5.60. The highest BCUT2D eigenvalue weighted by atomic mass is 32.2. The normalized spacial score (nSPS) is 24.3. The van der Waals surface area contributed by atoms with E-state index >= 15 is 0 Å². The lowest BCUT2D eigenvalue weighted by molar-refractivity contribution is -0.127. The van der Waals surface area contributed by atoms with E-state index < -0.39 is 11.1 Å². The van der Waals surface area contributed by atoms with Gasteiger partial charge in [-0.1, -0.05) is 6.92 Å². The molecule has 0 saturated carbocycles. The second kappa shape index (κ2) is 4.91. The molecule has 0 atom stereocenters. The lowest BCUT2D eigenvalue weighted by Crippen LogP contribution is -2.37. The van der Waals surface area contributed by atoms with Crippen LogP contribution in [0.25, 0.3) is 0 Å². The maximum Gasteiger partial charge on any atom is 0.290 e. The summed E-state index contributed by atoms with van der Waals surface area (Å²) in [4.78, 5) is 36.0. The monoisotopic (exact) mass is 254 g/mol. The molecule has 92 valence electrons. The SMILES string of the molecule is CC1CCN(C(=O)/C=C2\SC(=O)NC2=O)CC1. The highest BCUT2D eigenvalue weighted by molar-refractivity contribution is 8.18. The molecule has 2 saturated heterocycles. The van der Waals surface area contributed by atoms with Gasteiger partial charge in [0.15, 0.2) is 0 Å². The molecule has 0 radical (unpaired) electrons. The van der Waals surface area contributed by atoms with E-state index in [-0.39, 0.29) is 10.8 Å². The fourth-order valence-corrected chi connectivity index (χ4v) is 2.50. The van der Waals surface area contributed by atoms with Crippen LogP contribution in [0.1, 0.15) is 19.8 Å². The van der Waals surface area contributed by atoms with Gasteiger partial charge >= 0.3 is 0 Å². The zero-order valence-electron chi connectivity index (χ0n) is 9.56. The number of hydrogen-bond donors (Lipinski definition) is 1. The first-order valence-corrected chi connectivity index (χ1v) is 6.41. The van der Waals surface area contributed by atoms with Crippen LogP contribution in [0.2, 0.25) is 0 Å². The van der Waals surface area contributed by atoms with Crippen LogP contribution < -0.4 is 5.32 Å². The van der Waals surface area contributed by atoms with Gasteiger partial charge in [0.1, 0.15) is 0 Å². The Morgan fingerprint density at radius 3 is 2.59 bits per heavy atom. The molecule has 0 spiro atoms. The Morgan fingerprint density at radius 2 is 2.06 bits per heavy atom. The van der Waals surface area contributed by atoms with Crippen molar-refractivity contribution in [1.82, 2.24) is 10.2 Å². The average Bonchev–Trinajstić information content (AvgIpc) is 2.58. The van der Waals surface area contributed by atoms with Gasteiger partial charge in [-0.2, -0.15) is 0 Å². The molecular weight excluding hydrogens is 240 g/mol. The van der Waals surface area contributed by atoms with Crippen LogP contribution in [-0.4, -0.2) is 35.0 Å². The minimum absolute atomic E-state index is 0.177. The van der Waals surface area contributed by atoms with Gasteiger partial charge in [0.2, 0.25) is 5.91 Å². The number of nitrogens with zero attached hydrogens (tertiary/aromatic N) is 1. The van der Waals surface area contributed by atoms with Crippen molar-refractivity contribution in [2.45, 2.75) is 19.8 Å². The van der Waals surface area contributed by atoms with Crippen molar-refractivity contribution in [3.8, 4) is 0 Å². The standard InChI is InChI=1S/C11H14N2O3S/c1-7-2-4-13(5-3-7)9(14)6-8-10(15)12-11(16)17-8/h6-7H,2-5H2,1H3,(H,12,15,16)/b8-6-. The Hall–Kier alpha value is -1.30. The molecule has 0 aromatic carbocycles. The van der Waals surface area contributed by atoms with Gasteiger partial charge in [-0.05, 0) is 30.5 Å². The highest BCUT2D eigenvalue weighted by Gasteiger charge is 2.27. The molecule has 5 nitrogen and oxygen atoms in total. The van der Waals surface area contributed by atoms with Crippen molar-refractivity contribution in [1.29, 1.82) is 0 Å². The number of amides is 3. The third-order valence-corrected chi connectivity index (χ3v) is 3.80. The lowest BCUT2D eigenvalue weighted by Gasteiger charge is -2.29. The molecule has 2 rings (SSSR count). The minimum atomic E-state index is -0.473. The topological polar surface area (TPSA) is 66.5 Å². The summed E-state index contributed by atoms with van der Waals surface area (Å²) in [6.07, 6.45) is 3.25. The molecule has 1 N–H and O–H groups in total. The van der Waals surface area contributed by atoms with Crippen molar-refractivity contribution >= 4 is 28.8 Å². The zero-order valence-corrected chi connectivity index (χ0v) is 10.4. The Labute approximate surface area is 104 Å². The molecule has 17 heavy (non-hydrogen) atoms. The van der Waals surface area contributed by atoms with Gasteiger partial charge in [0.05, 0.1) is 4.91 Å². The second-order valence-electron chi connectivity index (χ2n) is 4.36. The van der Waals surface area contributed by atoms with Crippen LogP contribution in [0.4, 0.5) is 4.79 Å². The van der Waals surface area contributed by atoms with Crippen molar-refractivity contribution in [2.75, 3.05) is 13.1 Å². The third-order valence-electron chi connectivity index (χ3n) is 2.99. The summed E-state index contributed by atoms with van der Waals surface area (Å²) >= 11 is 0.781. The van der Waals surface area contributed by atoms with Crippen LogP contribution in [0, 0.1) is 5.92 Å². The van der Waals surface area contributed by atoms with Crippen LogP contribution in [0.3, 0.4) is 0 Å². The summed E-state index contributed by atoms with van der Waals surface area (Å²) in [5.74, 6) is 0.000382. The number of hydrogen-bond acceptors (Lipinski definition) is 4. The van der Waals surface area contributed by atoms with E-state index in [0.717, 1.165) is 37.7 Å². The summed E-state index contributed by atoms with van der Waals surface area (Å²) < 4.78 is 0. The molecule has 2 aliphatic heterocycles. The van der Waals surface area contributed by atoms with Gasteiger partial charge in [-0.15, -0.1) is 0 Å². The summed E-state index contributed by atoms with van der Waals surface area (Å²) in [7, 11) is 0. The number of rotatable bonds is 1. The second-order valence-corrected chi connectivity index (χ2v) is 5.37. The molecule has 0 aromatic rings. The average molecular weight is 254 g/mol. The van der Waals surface area contributed by atoms with Gasteiger partial charge in [0.25, 0.3) is 11.1 Å². The molecule has 6 heteroatoms. The van der Waals surface area contributed by atoms with Crippen LogP contribution >= 0.6 is 11.8 Å². The summed E-state index contributed by atoms with van der Waals surface area (Å²) in [6, 6.07) is 0. The van der Waals surface area contributed by atoms with E-state index in [0.29, 0.717) is 5.92 Å². The molecule has 2 heterocycles. The minimum Gasteiger partial charge on any atom is -0.339 e. The number of carbonyl (C=O) groups is 3. The summed E-state index contributed by atoms with van der Waals surface area (Å²) in [5.41, 5.74) is 0. The molecule has 0 bridgehead atoms. The van der Waals surface area contributed by atoms with Crippen LogP contribution in [-0.2, 0) is 9.59 Å². The van der Waals surface area contributed by atoms with E-state index in [1.165, 1.54) is 6.08 Å². The first-order chi connectivity index (χ1) is 8.06. The number of carbonyl (C=O) groups excluding carboxylic acids is 3. The van der Waals surface area contributed by atoms with Gasteiger partial charge in [0, 0.05) is 19.2 Å². The maximum absolute atomic E-state index is 11.9. The summed E-state index contributed by atoms with van der Waals surface area (Å²) in [5, 5.41) is 1.71. The van der Waals surface area contributed by atoms with E-state index in [4.69, 9.17) is 0 Å². The molecule has 3 amide bonds. The molecular formula is C11H14N2O3S. The predicted molar refractivity (Wildman–Crippen MR) is 64.2 cm³/mol. The summed E-state index contributed by atoms with van der Waals surface area (Å²) in [6.45, 7) is 3.62. The zero-order chi connectivity index (χ0) is 12.4. The molecule has 0 aliphatic carbocycles. The predicted octanol–water partition coefficient (Wildman–Crippen LogP) is 1.11. The molecule has 0 aromatic heterocycles. The van der Waals surface area contributed by atoms with Crippen molar-refractivity contribution in [3.63, 3.8) is 0 Å². The smallest absolute Gasteiger partial charge is 0.290 e. The first kappa shape index (κ1) is 12.2. The van der Waals surface area contributed by atoms with Crippen LogP contribution in [0.15, 0.2) is 11.0 Å². The van der Waals surface area contributed by atoms with E-state index in [1.54, 1.807) is 4.90 Å². The maximum atomic E-state index is 11.9. The van der Waals surface area contributed by atoms with E-state index in [1.807, 2.05) is 0 Å². The Morgan fingerprint density at radius 1 is 1.41 bits per heavy atom. The van der Waals surface area contributed by atoms with Gasteiger partial charge in [-0.25, -0.2) is 0 Å². The van der Waals surface area contributed by atoms with Crippen molar-refractivity contribution in [2.24, 2.45) is 5.92 Å². The quantitative estimate of drug-likeness (QED) is 0.712. The number of thioether (sulfide) groups is 1. The van der Waals surface area contributed by atoms with E-state index in [9.17, 15) is 14.4 Å². The van der Waals surface area contributed by atoms with Crippen molar-refractivity contribution in [3.05, 3.63) is 11.0 Å². The number of piperidine rings is 1. The number of nitrogens with one attached hydrogen (secondary N) is 1. The number of likely N-dealkylation sites (tertiary alicyclic amines) is 1. The largest absolute Gasteiger partial charge is 0.339 e. The Balaban J connectivity index is 1.99. The van der Waals surface area contributed by atoms with Gasteiger partial charge in [-0.3, -0.25) is 19.7 Å². The Kier molecular flexibility index (Phi) is 3.51. The molecule has 2 aliphatic rings. The fraction of sp³-hybridized carbons (Fsp3) is 0.545. The van der Waals surface area contributed by atoms with Crippen LogP contribution in [0.5, 0.6) is 0 Å². The van der Waals surface area contributed by atoms with Gasteiger partial charge < -0.3 is 4.90 Å². The molecule has 2 fully saturated rings. The third kappa shape index (κ3) is 2.88. The number of imide groups is 1. The van der Waals surface area contributed by atoms with Crippen molar-refractivity contribution < 1.29 is 14.4 Å². The fourth-order valence-electron chi connectivity index (χ4n) is 1.85.